The van der Waals surface area contributed by atoms with E-state index < -0.39 is 69.8 Å². The van der Waals surface area contributed by atoms with Gasteiger partial charge in [-0.05, 0) is 6.92 Å². The van der Waals surface area contributed by atoms with Crippen LogP contribution in [0.25, 0.3) is 0 Å². The van der Waals surface area contributed by atoms with Crippen LogP contribution in [0.1, 0.15) is 13.3 Å². The number of carbonyl (C=O) groups excluding carboxylic acids is 3. The average Bonchev–Trinajstić information content (AvgIpc) is 3.14. The minimum absolute atomic E-state index is 0.329. The molecule has 0 bridgehead atoms. The van der Waals surface area contributed by atoms with Gasteiger partial charge < -0.3 is 28.4 Å². The summed E-state index contributed by atoms with van der Waals surface area (Å²) in [5.41, 5.74) is 0. The molecule has 0 amide bonds. The van der Waals surface area contributed by atoms with E-state index >= 15 is 0 Å². The van der Waals surface area contributed by atoms with Crippen LogP contribution in [0, 0.1) is 0 Å². The second-order valence-corrected chi connectivity index (χ2v) is 7.74. The van der Waals surface area contributed by atoms with Gasteiger partial charge in [-0.2, -0.15) is 17.2 Å². The van der Waals surface area contributed by atoms with Gasteiger partial charge >= 0.3 is 33.3 Å². The molecule has 3 aliphatic heterocycles. The fourth-order valence-electron chi connectivity index (χ4n) is 2.97. The molecule has 6 atom stereocenters. The van der Waals surface area contributed by atoms with Crippen LogP contribution in [-0.4, -0.2) is 79.7 Å². The van der Waals surface area contributed by atoms with Crippen LogP contribution in [0.4, 0.5) is 8.78 Å². The largest absolute Gasteiger partial charge is 0.469 e. The smallest absolute Gasteiger partial charge is 0.465 e. The first-order valence-electron chi connectivity index (χ1n) is 7.63. The summed E-state index contributed by atoms with van der Waals surface area (Å²) in [5.74, 6) is -6.12. The lowest BCUT2D eigenvalue weighted by Gasteiger charge is -2.25. The summed E-state index contributed by atoms with van der Waals surface area (Å²) in [5, 5.41) is -5.30. The topological polar surface area (TPSA) is 161 Å². The highest BCUT2D eigenvalue weighted by Gasteiger charge is 2.66. The van der Waals surface area contributed by atoms with E-state index in [0.29, 0.717) is 0 Å². The number of fused-ring (bicyclic) bond motifs is 3. The van der Waals surface area contributed by atoms with Crippen molar-refractivity contribution in [3.63, 3.8) is 0 Å². The Morgan fingerprint density at radius 1 is 1.25 bits per heavy atom. The molecule has 0 saturated carbocycles. The fraction of sp³-hybridized carbons (Fsp3) is 0.769. The Morgan fingerprint density at radius 2 is 1.89 bits per heavy atom. The Hall–Kier alpha value is -1.94. The van der Waals surface area contributed by atoms with Gasteiger partial charge in [0.15, 0.2) is 24.3 Å². The quantitative estimate of drug-likeness (QED) is 0.312. The van der Waals surface area contributed by atoms with Crippen molar-refractivity contribution in [3.05, 3.63) is 0 Å². The van der Waals surface area contributed by atoms with Gasteiger partial charge in [-0.1, -0.05) is 0 Å². The molecule has 3 aliphatic rings. The van der Waals surface area contributed by atoms with Gasteiger partial charge in [-0.3, -0.25) is 9.35 Å². The number of hydrogen-bond acceptors (Lipinski definition) is 11. The maximum atomic E-state index is 13.3. The van der Waals surface area contributed by atoms with Gasteiger partial charge in [-0.25, -0.2) is 9.59 Å². The second-order valence-electron chi connectivity index (χ2n) is 6.28. The molecular formula is C13H14F2O12S. The van der Waals surface area contributed by atoms with Gasteiger partial charge in [-0.15, -0.1) is 0 Å². The third-order valence-corrected chi connectivity index (χ3v) is 5.04. The molecule has 0 aliphatic carbocycles. The molecule has 0 aromatic carbocycles. The molecule has 12 nitrogen and oxygen atoms in total. The third-order valence-electron chi connectivity index (χ3n) is 4.23. The van der Waals surface area contributed by atoms with E-state index in [9.17, 15) is 31.6 Å². The Balaban J connectivity index is 1.71. The number of alkyl halides is 2. The van der Waals surface area contributed by atoms with E-state index in [1.807, 2.05) is 0 Å². The maximum Gasteiger partial charge on any atom is 0.465 e. The highest BCUT2D eigenvalue weighted by molar-refractivity contribution is 7.87. The molecule has 0 aromatic heterocycles. The van der Waals surface area contributed by atoms with Gasteiger partial charge in [0.05, 0.1) is 13.5 Å². The molecule has 3 saturated heterocycles. The monoisotopic (exact) mass is 432 g/mol. The number of halogens is 2. The zero-order valence-electron chi connectivity index (χ0n) is 14.2. The van der Waals surface area contributed by atoms with Crippen molar-refractivity contribution in [3.8, 4) is 0 Å². The van der Waals surface area contributed by atoms with E-state index in [-0.39, 0.29) is 6.42 Å². The molecular weight excluding hydrogens is 418 g/mol. The van der Waals surface area contributed by atoms with Crippen molar-refractivity contribution in [2.75, 3.05) is 7.11 Å². The summed E-state index contributed by atoms with van der Waals surface area (Å²) in [7, 11) is -4.97. The summed E-state index contributed by atoms with van der Waals surface area (Å²) in [6.07, 6.45) is -7.32. The Labute approximate surface area is 155 Å². The minimum Gasteiger partial charge on any atom is -0.469 e. The SMILES string of the molecule is COC(=O)CC1(C)O[C@H]2O[C@H]3[C@H](OC(=O)[C@H]3OC(=O)C(F)(F)S(=O)(=O)O)[C@H]2O1. The molecule has 0 aromatic rings. The van der Waals surface area contributed by atoms with E-state index in [1.165, 1.54) is 6.92 Å². The lowest BCUT2D eigenvalue weighted by Crippen LogP contribution is -2.45. The minimum atomic E-state index is -6.12. The first-order chi connectivity index (χ1) is 12.8. The molecule has 0 radical (unpaired) electrons. The molecule has 1 N–H and O–H groups in total. The van der Waals surface area contributed by atoms with E-state index in [1.54, 1.807) is 0 Å². The highest BCUT2D eigenvalue weighted by atomic mass is 32.2. The Kier molecular flexibility index (Phi) is 4.86. The number of rotatable bonds is 5. The van der Waals surface area contributed by atoms with Crippen LogP contribution in [0.3, 0.4) is 0 Å². The summed E-state index contributed by atoms with van der Waals surface area (Å²) in [6, 6.07) is 0. The van der Waals surface area contributed by atoms with Crippen molar-refractivity contribution in [1.29, 1.82) is 0 Å². The second kappa shape index (κ2) is 6.55. The molecule has 3 fully saturated rings. The molecule has 15 heteroatoms. The first-order valence-corrected chi connectivity index (χ1v) is 9.07. The summed E-state index contributed by atoms with van der Waals surface area (Å²) < 4.78 is 86.2. The predicted molar refractivity (Wildman–Crippen MR) is 75.9 cm³/mol. The van der Waals surface area contributed by atoms with Crippen molar-refractivity contribution < 1.29 is 64.6 Å². The molecule has 0 spiro atoms. The third kappa shape index (κ3) is 3.32. The number of methoxy groups -OCH3 is 1. The fourth-order valence-corrected chi connectivity index (χ4v) is 3.22. The van der Waals surface area contributed by atoms with Crippen LogP contribution in [-0.2, 0) is 52.9 Å². The van der Waals surface area contributed by atoms with E-state index in [4.69, 9.17) is 23.5 Å². The number of carbonyl (C=O) groups is 3. The predicted octanol–water partition coefficient (Wildman–Crippen LogP) is -1.28. The number of esters is 3. The van der Waals surface area contributed by atoms with E-state index in [0.717, 1.165) is 7.11 Å². The molecule has 28 heavy (non-hydrogen) atoms. The standard InChI is InChI=1S/C13H14F2O12S/c1-12(3-4(16)22-2)26-8-6-5(24-10(8)27-12)7(9(17)23-6)25-11(18)13(14,15)28(19,20)21/h5-8,10H,3H2,1-2H3,(H,19,20,21)/t5-,6-,7-,8+,10+,12?/m0/s1. The Bertz CT molecular complexity index is 812. The lowest BCUT2D eigenvalue weighted by atomic mass is 10.1. The van der Waals surface area contributed by atoms with Crippen LogP contribution in [0.15, 0.2) is 0 Å². The number of hydrogen-bond donors (Lipinski definition) is 1. The van der Waals surface area contributed by atoms with Gasteiger partial charge in [0.1, 0.15) is 6.10 Å². The zero-order chi connectivity index (χ0) is 21.1. The highest BCUT2D eigenvalue weighted by Crippen LogP contribution is 2.44. The number of ether oxygens (including phenoxy) is 6. The van der Waals surface area contributed by atoms with Gasteiger partial charge in [0.25, 0.3) is 0 Å². The molecule has 3 rings (SSSR count). The van der Waals surface area contributed by atoms with Crippen LogP contribution in [0.2, 0.25) is 0 Å². The summed E-state index contributed by atoms with van der Waals surface area (Å²) in [6.45, 7) is 1.39. The van der Waals surface area contributed by atoms with Crippen LogP contribution >= 0.6 is 0 Å². The zero-order valence-corrected chi connectivity index (χ0v) is 15.0. The lowest BCUT2D eigenvalue weighted by molar-refractivity contribution is -0.231. The Morgan fingerprint density at radius 3 is 2.46 bits per heavy atom. The van der Waals surface area contributed by atoms with Crippen LogP contribution in [0.5, 0.6) is 0 Å². The summed E-state index contributed by atoms with van der Waals surface area (Å²) >= 11 is 0. The normalized spacial score (nSPS) is 37.2. The van der Waals surface area contributed by atoms with Crippen molar-refractivity contribution in [1.82, 2.24) is 0 Å². The van der Waals surface area contributed by atoms with Crippen molar-refractivity contribution >= 4 is 28.0 Å². The molecule has 1 unspecified atom stereocenters. The maximum absolute atomic E-state index is 13.3. The van der Waals surface area contributed by atoms with Gasteiger partial charge in [0.2, 0.25) is 6.10 Å². The average molecular weight is 432 g/mol. The molecule has 3 heterocycles. The van der Waals surface area contributed by atoms with Crippen LogP contribution < -0.4 is 0 Å². The first kappa shape index (κ1) is 20.8. The van der Waals surface area contributed by atoms with Crippen molar-refractivity contribution in [2.24, 2.45) is 0 Å². The van der Waals surface area contributed by atoms with E-state index in [2.05, 4.69) is 9.47 Å². The molecule has 158 valence electrons. The van der Waals surface area contributed by atoms with Gasteiger partial charge in [0, 0.05) is 0 Å². The van der Waals surface area contributed by atoms with Crippen molar-refractivity contribution in [2.45, 2.75) is 55.1 Å². The summed E-state index contributed by atoms with van der Waals surface area (Å²) in [4.78, 5) is 34.7.